The molecular formula is C39H42N3O5PS2. The molecule has 4 unspecified atom stereocenters. The summed E-state index contributed by atoms with van der Waals surface area (Å²) in [6.45, 7) is 7.82. The number of Topliss-reactive ketones (excluding diaryl/α,β-unsaturated/α-hetero) is 1. The van der Waals surface area contributed by atoms with Crippen LogP contribution in [0.3, 0.4) is 0 Å². The Bertz CT molecular complexity index is 1920. The molecule has 3 heterocycles. The van der Waals surface area contributed by atoms with Crippen molar-refractivity contribution >= 4 is 73.8 Å². The summed E-state index contributed by atoms with van der Waals surface area (Å²) in [5.74, 6) is -2.98. The number of benzene rings is 3. The van der Waals surface area contributed by atoms with E-state index in [9.17, 15) is 19.5 Å². The molecule has 1 saturated heterocycles. The molecule has 5 aromatic rings. The number of aromatic nitrogens is 2. The average molecular weight is 728 g/mol. The van der Waals surface area contributed by atoms with Crippen LogP contribution in [0.25, 0.3) is 4.83 Å². The number of esters is 1. The van der Waals surface area contributed by atoms with Gasteiger partial charge in [0.1, 0.15) is 28.2 Å². The van der Waals surface area contributed by atoms with Gasteiger partial charge in [-0.2, -0.15) is 0 Å². The maximum Gasteiger partial charge on any atom is 0.356 e. The maximum absolute atomic E-state index is 14.7. The smallest absolute Gasteiger partial charge is 0.356 e. The van der Waals surface area contributed by atoms with Gasteiger partial charge in [-0.15, -0.1) is 23.1 Å². The number of aliphatic hydroxyl groups is 1. The number of imidazole rings is 1. The number of ether oxygens (including phenoxy) is 1. The summed E-state index contributed by atoms with van der Waals surface area (Å²) in [5, 5.41) is 14.3. The van der Waals surface area contributed by atoms with Crippen molar-refractivity contribution < 1.29 is 24.2 Å². The fourth-order valence-electron chi connectivity index (χ4n) is 6.58. The van der Waals surface area contributed by atoms with E-state index in [-0.39, 0.29) is 17.8 Å². The Morgan fingerprint density at radius 3 is 1.96 bits per heavy atom. The van der Waals surface area contributed by atoms with Crippen LogP contribution in [0.2, 0.25) is 0 Å². The van der Waals surface area contributed by atoms with Crippen LogP contribution in [0.15, 0.2) is 121 Å². The molecule has 4 atom stereocenters. The highest BCUT2D eigenvalue weighted by atomic mass is 32.2. The molecule has 0 bridgehead atoms. The van der Waals surface area contributed by atoms with Crippen LogP contribution in [-0.4, -0.2) is 67.5 Å². The number of amides is 1. The molecule has 6 rings (SSSR count). The standard InChI is InChI=1S/C37H36N3O5PS2.C2H6/c1-5-21-45-37(44)35(46(26-15-9-6-10-16-26,27-17-11-7-12-18-27)28-19-13-8-14-20-28)40-31(30(25(3)41)34(40)43)24(2)32(42)29-22-39-23-38-33(47-4)36(39)48-29;1-2/h5-20,22-25,30-31,41H,1,21H2,2-4H3;1-2H3. The maximum atomic E-state index is 14.7. The topological polar surface area (TPSA) is 101 Å². The number of hydrogen-bond donors (Lipinski definition) is 1. The zero-order valence-corrected chi connectivity index (χ0v) is 31.3. The molecule has 260 valence electrons. The molecule has 1 aliphatic heterocycles. The van der Waals surface area contributed by atoms with E-state index in [4.69, 9.17) is 4.74 Å². The molecule has 0 saturated carbocycles. The highest BCUT2D eigenvalue weighted by Gasteiger charge is 2.58. The number of carbonyl (C=O) groups is 3. The van der Waals surface area contributed by atoms with Gasteiger partial charge in [-0.3, -0.25) is 14.0 Å². The van der Waals surface area contributed by atoms with Crippen molar-refractivity contribution in [2.75, 3.05) is 12.9 Å². The van der Waals surface area contributed by atoms with Gasteiger partial charge < -0.3 is 14.7 Å². The summed E-state index contributed by atoms with van der Waals surface area (Å²) >= 11 is 2.84. The van der Waals surface area contributed by atoms with E-state index in [0.29, 0.717) is 4.88 Å². The van der Waals surface area contributed by atoms with Crippen LogP contribution in [-0.2, 0) is 14.3 Å². The van der Waals surface area contributed by atoms with E-state index in [1.54, 1.807) is 26.4 Å². The first-order chi connectivity index (χ1) is 24.2. The second-order valence-electron chi connectivity index (χ2n) is 11.6. The summed E-state index contributed by atoms with van der Waals surface area (Å²) in [5.41, 5.74) is 0.160. The summed E-state index contributed by atoms with van der Waals surface area (Å²) < 4.78 is 7.66. The fraction of sp³-hybridized carbons (Fsp3) is 0.256. The van der Waals surface area contributed by atoms with Crippen LogP contribution in [0.5, 0.6) is 0 Å². The number of fused-ring (bicyclic) bond motifs is 1. The second kappa shape index (κ2) is 16.2. The van der Waals surface area contributed by atoms with Gasteiger partial charge in [0.05, 0.1) is 22.9 Å². The first-order valence-corrected chi connectivity index (χ1v) is 20.4. The first kappa shape index (κ1) is 37.1. The van der Waals surface area contributed by atoms with E-state index in [1.165, 1.54) is 34.1 Å². The van der Waals surface area contributed by atoms with Crippen LogP contribution in [0.1, 0.15) is 37.4 Å². The van der Waals surface area contributed by atoms with Gasteiger partial charge >= 0.3 is 5.97 Å². The molecule has 11 heteroatoms. The molecule has 1 aliphatic rings. The number of ketones is 1. The third kappa shape index (κ3) is 6.53. The van der Waals surface area contributed by atoms with Gasteiger partial charge in [0.15, 0.2) is 5.78 Å². The number of rotatable bonds is 12. The number of hydrogen-bond acceptors (Lipinski definition) is 8. The van der Waals surface area contributed by atoms with Crippen molar-refractivity contribution in [1.82, 2.24) is 14.3 Å². The third-order valence-corrected chi connectivity index (χ3v) is 14.9. The molecule has 3 aromatic carbocycles. The Labute approximate surface area is 301 Å². The number of aliphatic hydroxyl groups excluding tert-OH is 1. The molecule has 8 nitrogen and oxygen atoms in total. The van der Waals surface area contributed by atoms with Gasteiger partial charge in [-0.05, 0) is 29.1 Å². The highest BCUT2D eigenvalue weighted by Crippen LogP contribution is 2.50. The second-order valence-corrected chi connectivity index (χ2v) is 16.7. The summed E-state index contributed by atoms with van der Waals surface area (Å²) in [4.78, 5) is 50.6. The predicted octanol–water partition coefficient (Wildman–Crippen LogP) is 6.02. The van der Waals surface area contributed by atoms with Gasteiger partial charge in [0, 0.05) is 19.0 Å². The lowest BCUT2D eigenvalue weighted by Gasteiger charge is -2.52. The van der Waals surface area contributed by atoms with Crippen molar-refractivity contribution in [3.63, 3.8) is 0 Å². The van der Waals surface area contributed by atoms with E-state index >= 15 is 0 Å². The number of thiazole rings is 1. The molecule has 1 fully saturated rings. The highest BCUT2D eigenvalue weighted by molar-refractivity contribution is 7.98. The van der Waals surface area contributed by atoms with Crippen LogP contribution in [0, 0.1) is 11.8 Å². The average Bonchev–Trinajstić information content (AvgIpc) is 3.75. The van der Waals surface area contributed by atoms with Crippen molar-refractivity contribution in [1.29, 1.82) is 0 Å². The number of thioether (sulfide) groups is 1. The monoisotopic (exact) mass is 727 g/mol. The van der Waals surface area contributed by atoms with E-state index in [2.05, 4.69) is 11.6 Å². The minimum atomic E-state index is -3.17. The van der Waals surface area contributed by atoms with Crippen molar-refractivity contribution in [3.05, 3.63) is 121 Å². The number of β-lactam (4-membered cyclic amide) rings is 1. The number of likely N-dealkylation sites (tertiary alicyclic amines) is 1. The van der Waals surface area contributed by atoms with Crippen LogP contribution in [0.4, 0.5) is 0 Å². The summed E-state index contributed by atoms with van der Waals surface area (Å²) in [6.07, 6.45) is 5.79. The van der Waals surface area contributed by atoms with Gasteiger partial charge in [0.25, 0.3) is 0 Å². The van der Waals surface area contributed by atoms with E-state index in [1.807, 2.05) is 115 Å². The fourth-order valence-corrected chi connectivity index (χ4v) is 12.8. The molecular weight excluding hydrogens is 686 g/mol. The first-order valence-electron chi connectivity index (χ1n) is 16.5. The Kier molecular flexibility index (Phi) is 12.0. The normalized spacial score (nSPS) is 16.8. The Morgan fingerprint density at radius 2 is 1.50 bits per heavy atom. The SMILES string of the molecule is C=CCOC(=O)C(N1C(=O)C(C(C)O)C1C(C)C(=O)c1cn2cnc(SC)c2s1)=P(c1ccccc1)(c1ccccc1)c1ccccc1.CC. The lowest BCUT2D eigenvalue weighted by Crippen LogP contribution is -2.70. The Balaban J connectivity index is 0.00000239. The number of carbonyl (C=O) groups excluding carboxylic acids is 3. The predicted molar refractivity (Wildman–Crippen MR) is 207 cm³/mol. The minimum absolute atomic E-state index is 0.0739. The lowest BCUT2D eigenvalue weighted by molar-refractivity contribution is -0.159. The van der Waals surface area contributed by atoms with Gasteiger partial charge in [-0.25, -0.2) is 9.78 Å². The van der Waals surface area contributed by atoms with Crippen molar-refractivity contribution in [2.24, 2.45) is 11.8 Å². The lowest BCUT2D eigenvalue weighted by atomic mass is 9.75. The zero-order chi connectivity index (χ0) is 36.0. The summed E-state index contributed by atoms with van der Waals surface area (Å²) in [6, 6.07) is 28.2. The van der Waals surface area contributed by atoms with Crippen molar-refractivity contribution in [2.45, 2.75) is 44.9 Å². The van der Waals surface area contributed by atoms with Crippen LogP contribution >= 0.6 is 30.0 Å². The quantitative estimate of drug-likeness (QED) is 0.0419. The molecule has 0 aliphatic carbocycles. The van der Waals surface area contributed by atoms with Crippen LogP contribution < -0.4 is 15.9 Å². The van der Waals surface area contributed by atoms with Crippen molar-refractivity contribution in [3.8, 4) is 0 Å². The third-order valence-electron chi connectivity index (χ3n) is 8.74. The van der Waals surface area contributed by atoms with E-state index in [0.717, 1.165) is 25.8 Å². The molecule has 0 radical (unpaired) electrons. The molecule has 50 heavy (non-hydrogen) atoms. The minimum Gasteiger partial charge on any atom is -0.457 e. The summed E-state index contributed by atoms with van der Waals surface area (Å²) in [7, 11) is 0. The molecule has 1 N–H and O–H groups in total. The zero-order valence-electron chi connectivity index (χ0n) is 28.8. The van der Waals surface area contributed by atoms with E-state index < -0.39 is 42.7 Å². The van der Waals surface area contributed by atoms with Gasteiger partial charge in [-0.1, -0.05) is 124 Å². The Hall–Kier alpha value is -4.21. The Morgan fingerprint density at radius 1 is 0.980 bits per heavy atom. The molecule has 2 aromatic heterocycles. The largest absolute Gasteiger partial charge is 0.457 e. The molecule has 0 spiro atoms. The molecule has 1 amide bonds. The van der Waals surface area contributed by atoms with Gasteiger partial charge in [0.2, 0.25) is 5.91 Å². The number of nitrogens with zero attached hydrogens (tertiary/aromatic N) is 3.